The summed E-state index contributed by atoms with van der Waals surface area (Å²) in [7, 11) is 0. The van der Waals surface area contributed by atoms with Crippen molar-refractivity contribution in [1.82, 2.24) is 0 Å². The van der Waals surface area contributed by atoms with E-state index >= 15 is 0 Å². The Morgan fingerprint density at radius 2 is 0.582 bits per heavy atom. The lowest BCUT2D eigenvalue weighted by Gasteiger charge is -2.18. The Kier molecular flexibility index (Phi) is 50.6. The summed E-state index contributed by atoms with van der Waals surface area (Å²) in [4.78, 5) is 38.0. The zero-order valence-electron chi connectivity index (χ0n) is 42.9. The normalized spacial score (nSPS) is 13.2. The molecule has 0 heterocycles. The molecule has 6 nitrogen and oxygen atoms in total. The van der Waals surface area contributed by atoms with Crippen LogP contribution in [0, 0.1) is 0 Å². The quantitative estimate of drug-likeness (QED) is 0.0262. The molecule has 0 aromatic rings. The molecule has 0 rings (SSSR count). The van der Waals surface area contributed by atoms with Gasteiger partial charge >= 0.3 is 17.9 Å². The highest BCUT2D eigenvalue weighted by atomic mass is 16.6. The van der Waals surface area contributed by atoms with Crippen LogP contribution in [-0.2, 0) is 28.6 Å². The van der Waals surface area contributed by atoms with Crippen molar-refractivity contribution in [3.8, 4) is 0 Å². The first-order chi connectivity index (χ1) is 33.0. The smallest absolute Gasteiger partial charge is 0.306 e. The topological polar surface area (TPSA) is 78.9 Å². The minimum atomic E-state index is -0.817. The lowest BCUT2D eigenvalue weighted by atomic mass is 10.1. The molecule has 376 valence electrons. The summed E-state index contributed by atoms with van der Waals surface area (Å²) in [5.74, 6) is -0.999. The molecule has 0 fully saturated rings. The van der Waals surface area contributed by atoms with E-state index in [1.807, 2.05) is 0 Å². The third-order valence-electron chi connectivity index (χ3n) is 10.6. The summed E-state index contributed by atoms with van der Waals surface area (Å²) < 4.78 is 16.7. The monoisotopic (exact) mass is 925 g/mol. The lowest BCUT2D eigenvalue weighted by molar-refractivity contribution is -0.167. The minimum Gasteiger partial charge on any atom is -0.462 e. The van der Waals surface area contributed by atoms with Gasteiger partial charge in [0.15, 0.2) is 6.10 Å². The van der Waals surface area contributed by atoms with E-state index in [1.54, 1.807) is 0 Å². The Morgan fingerprint density at radius 1 is 0.313 bits per heavy atom. The van der Waals surface area contributed by atoms with E-state index in [-0.39, 0.29) is 37.5 Å². The summed E-state index contributed by atoms with van der Waals surface area (Å²) in [5, 5.41) is 0. The summed E-state index contributed by atoms with van der Waals surface area (Å²) in [6.07, 6.45) is 75.8. The van der Waals surface area contributed by atoms with E-state index in [2.05, 4.69) is 154 Å². The van der Waals surface area contributed by atoms with Gasteiger partial charge in [0.25, 0.3) is 0 Å². The van der Waals surface area contributed by atoms with Crippen LogP contribution in [-0.4, -0.2) is 37.2 Å². The lowest BCUT2D eigenvalue weighted by Crippen LogP contribution is -2.30. The van der Waals surface area contributed by atoms with Crippen LogP contribution < -0.4 is 0 Å². The van der Waals surface area contributed by atoms with Crippen LogP contribution in [0.1, 0.15) is 213 Å². The van der Waals surface area contributed by atoms with E-state index in [9.17, 15) is 14.4 Å². The highest BCUT2D eigenvalue weighted by Crippen LogP contribution is 2.12. The molecule has 0 saturated heterocycles. The van der Waals surface area contributed by atoms with Crippen LogP contribution in [0.4, 0.5) is 0 Å². The summed E-state index contributed by atoms with van der Waals surface area (Å²) >= 11 is 0. The van der Waals surface area contributed by atoms with Gasteiger partial charge in [-0.3, -0.25) is 14.4 Å². The van der Waals surface area contributed by atoms with Crippen LogP contribution in [0.2, 0.25) is 0 Å². The predicted molar refractivity (Wildman–Crippen MR) is 288 cm³/mol. The first-order valence-electron chi connectivity index (χ1n) is 26.7. The van der Waals surface area contributed by atoms with Crippen molar-refractivity contribution in [2.45, 2.75) is 219 Å². The number of carbonyl (C=O) groups is 3. The Hall–Kier alpha value is -4.45. The van der Waals surface area contributed by atoms with Gasteiger partial charge in [-0.25, -0.2) is 0 Å². The van der Waals surface area contributed by atoms with Gasteiger partial charge in [0, 0.05) is 19.3 Å². The second kappa shape index (κ2) is 54.2. The molecule has 1 atom stereocenters. The molecule has 6 heteroatoms. The molecule has 0 aliphatic heterocycles. The van der Waals surface area contributed by atoms with E-state index in [1.165, 1.54) is 25.7 Å². The number of ether oxygens (including phenoxy) is 3. The van der Waals surface area contributed by atoms with Gasteiger partial charge in [-0.2, -0.15) is 0 Å². The number of hydrogen-bond donors (Lipinski definition) is 0. The fraction of sp³-hybridized carbons (Fsp3) is 0.590. The van der Waals surface area contributed by atoms with Crippen molar-refractivity contribution in [2.75, 3.05) is 13.2 Å². The molecule has 0 saturated carbocycles. The molecule has 0 N–H and O–H groups in total. The molecule has 0 aliphatic rings. The average Bonchev–Trinajstić information content (AvgIpc) is 3.33. The second-order valence-electron chi connectivity index (χ2n) is 17.0. The van der Waals surface area contributed by atoms with E-state index in [0.29, 0.717) is 19.3 Å². The van der Waals surface area contributed by atoms with Crippen molar-refractivity contribution in [3.05, 3.63) is 134 Å². The number of unbranched alkanes of at least 4 members (excludes halogenated alkanes) is 13. The van der Waals surface area contributed by atoms with Crippen molar-refractivity contribution in [2.24, 2.45) is 0 Å². The second-order valence-corrected chi connectivity index (χ2v) is 17.0. The molecular weight excluding hydrogens is 829 g/mol. The standard InChI is InChI=1S/C61H96O6/c1-4-7-10-13-16-19-22-24-26-28-29-30-31-33-34-36-39-42-45-48-51-54-60(63)66-57-58(56-65-59(62)53-50-47-44-41-38-21-18-15-12-9-6-3)67-61(64)55-52-49-46-43-40-37-35-32-27-25-23-20-17-14-11-8-5-2/h7-8,10-11,15-20,24-27,29-30,33-35,37,39,42,58H,4-6,9,12-14,21-23,28,31-32,36,38,40-41,43-57H2,1-3H3/b10-7-,11-8-,18-15-,19-16-,20-17-,26-24-,27-25-,30-29-,34-33-,37-35-,42-39-. The van der Waals surface area contributed by atoms with E-state index < -0.39 is 6.10 Å². The van der Waals surface area contributed by atoms with Gasteiger partial charge in [-0.15, -0.1) is 0 Å². The SMILES string of the molecule is CC/C=C\C/C=C\C/C=C\C/C=C\C/C=C\C/C=C\CCCCC(=O)OCC(COC(=O)CCCCCCC/C=C\CCCC)OC(=O)CCCCCC/C=C\C/C=C\C/C=C\C/C=C\CC. The van der Waals surface area contributed by atoms with Crippen molar-refractivity contribution in [1.29, 1.82) is 0 Å². The minimum absolute atomic E-state index is 0.111. The Balaban J connectivity index is 4.51. The van der Waals surface area contributed by atoms with Gasteiger partial charge in [0.2, 0.25) is 0 Å². The van der Waals surface area contributed by atoms with Crippen molar-refractivity contribution in [3.63, 3.8) is 0 Å². The first kappa shape index (κ1) is 62.5. The van der Waals surface area contributed by atoms with Crippen molar-refractivity contribution >= 4 is 17.9 Å². The van der Waals surface area contributed by atoms with E-state index in [0.717, 1.165) is 141 Å². The molecule has 0 amide bonds. The predicted octanol–water partition coefficient (Wildman–Crippen LogP) is 17.9. The molecule has 0 radical (unpaired) electrons. The summed E-state index contributed by atoms with van der Waals surface area (Å²) in [6.45, 7) is 6.29. The molecular formula is C61H96O6. The van der Waals surface area contributed by atoms with Gasteiger partial charge in [0.05, 0.1) is 0 Å². The van der Waals surface area contributed by atoms with Crippen LogP contribution in [0.15, 0.2) is 134 Å². The zero-order chi connectivity index (χ0) is 48.6. The summed E-state index contributed by atoms with van der Waals surface area (Å²) in [5.41, 5.74) is 0. The number of rotatable bonds is 46. The maximum atomic E-state index is 12.8. The number of allylic oxidation sites excluding steroid dienone is 22. The highest BCUT2D eigenvalue weighted by molar-refractivity contribution is 5.71. The largest absolute Gasteiger partial charge is 0.462 e. The maximum absolute atomic E-state index is 12.8. The molecule has 0 aliphatic carbocycles. The molecule has 0 aromatic carbocycles. The van der Waals surface area contributed by atoms with E-state index in [4.69, 9.17) is 14.2 Å². The first-order valence-corrected chi connectivity index (χ1v) is 26.7. The fourth-order valence-corrected chi connectivity index (χ4v) is 6.65. The Labute approximate surface area is 411 Å². The Bertz CT molecular complexity index is 1480. The third kappa shape index (κ3) is 52.4. The third-order valence-corrected chi connectivity index (χ3v) is 10.6. The van der Waals surface area contributed by atoms with Crippen LogP contribution in [0.5, 0.6) is 0 Å². The number of hydrogen-bond acceptors (Lipinski definition) is 6. The van der Waals surface area contributed by atoms with Gasteiger partial charge in [-0.1, -0.05) is 199 Å². The number of esters is 3. The zero-order valence-corrected chi connectivity index (χ0v) is 42.9. The molecule has 67 heavy (non-hydrogen) atoms. The Morgan fingerprint density at radius 3 is 0.955 bits per heavy atom. The number of carbonyl (C=O) groups excluding carboxylic acids is 3. The van der Waals surface area contributed by atoms with Gasteiger partial charge in [-0.05, 0) is 128 Å². The van der Waals surface area contributed by atoms with Gasteiger partial charge < -0.3 is 14.2 Å². The summed E-state index contributed by atoms with van der Waals surface area (Å²) in [6, 6.07) is 0. The fourth-order valence-electron chi connectivity index (χ4n) is 6.65. The van der Waals surface area contributed by atoms with Crippen molar-refractivity contribution < 1.29 is 28.6 Å². The van der Waals surface area contributed by atoms with Crippen LogP contribution in [0.3, 0.4) is 0 Å². The average molecular weight is 925 g/mol. The van der Waals surface area contributed by atoms with Crippen LogP contribution in [0.25, 0.3) is 0 Å². The molecule has 0 aromatic heterocycles. The van der Waals surface area contributed by atoms with Crippen LogP contribution >= 0.6 is 0 Å². The van der Waals surface area contributed by atoms with Gasteiger partial charge in [0.1, 0.15) is 13.2 Å². The highest BCUT2D eigenvalue weighted by Gasteiger charge is 2.19. The molecule has 1 unspecified atom stereocenters. The molecule has 0 bridgehead atoms. The molecule has 0 spiro atoms. The maximum Gasteiger partial charge on any atom is 0.306 e.